The van der Waals surface area contributed by atoms with Gasteiger partial charge in [0.25, 0.3) is 11.7 Å². The van der Waals surface area contributed by atoms with Gasteiger partial charge >= 0.3 is 0 Å². The monoisotopic (exact) mass is 292 g/mol. The van der Waals surface area contributed by atoms with Crippen LogP contribution in [0.25, 0.3) is 5.78 Å². The Hall–Kier alpha value is -3.27. The number of carbonyl (C=O) groups is 1. The summed E-state index contributed by atoms with van der Waals surface area (Å²) < 4.78 is 1.52. The molecule has 7 heteroatoms. The summed E-state index contributed by atoms with van der Waals surface area (Å²) in [5, 5.41) is 15.7. The van der Waals surface area contributed by atoms with Crippen LogP contribution < -0.4 is 5.32 Å². The molecule has 108 valence electrons. The Balaban J connectivity index is 1.92. The second-order valence-electron chi connectivity index (χ2n) is 4.83. The lowest BCUT2D eigenvalue weighted by Crippen LogP contribution is -2.14. The molecule has 1 aromatic carbocycles. The van der Waals surface area contributed by atoms with Gasteiger partial charge in [-0.25, -0.2) is 9.50 Å². The summed E-state index contributed by atoms with van der Waals surface area (Å²) >= 11 is 0. The summed E-state index contributed by atoms with van der Waals surface area (Å²) in [6, 6.07) is 10.5. The fourth-order valence-corrected chi connectivity index (χ4v) is 2.12. The minimum Gasteiger partial charge on any atom is -0.319 e. The topological polar surface area (TPSA) is 96.0 Å². The first-order chi connectivity index (χ1) is 10.6. The number of fused-ring (bicyclic) bond motifs is 1. The molecule has 0 aliphatic heterocycles. The van der Waals surface area contributed by atoms with Crippen molar-refractivity contribution in [1.82, 2.24) is 19.6 Å². The van der Waals surface area contributed by atoms with Gasteiger partial charge in [-0.1, -0.05) is 6.07 Å². The van der Waals surface area contributed by atoms with E-state index in [1.807, 2.05) is 26.0 Å². The van der Waals surface area contributed by atoms with E-state index in [-0.39, 0.29) is 5.82 Å². The van der Waals surface area contributed by atoms with Crippen molar-refractivity contribution >= 4 is 17.4 Å². The van der Waals surface area contributed by atoms with E-state index in [4.69, 9.17) is 5.26 Å². The molecule has 22 heavy (non-hydrogen) atoms. The standard InChI is InChI=1S/C15H12N6O/c1-9-6-10(2)21-15(17-9)19-13(20-21)14(22)18-12-5-3-4-11(7-12)8-16/h3-7H,1-2H3,(H,18,22). The third-order valence-electron chi connectivity index (χ3n) is 3.07. The molecule has 7 nitrogen and oxygen atoms in total. The van der Waals surface area contributed by atoms with Crippen LogP contribution in [0.4, 0.5) is 5.69 Å². The molecule has 2 aromatic heterocycles. The van der Waals surface area contributed by atoms with Crippen LogP contribution in [0, 0.1) is 25.2 Å². The molecule has 0 aliphatic carbocycles. The predicted molar refractivity (Wildman–Crippen MR) is 79.4 cm³/mol. The van der Waals surface area contributed by atoms with Gasteiger partial charge in [-0.3, -0.25) is 4.79 Å². The maximum Gasteiger partial charge on any atom is 0.295 e. The Kier molecular flexibility index (Phi) is 3.27. The van der Waals surface area contributed by atoms with Gasteiger partial charge in [-0.05, 0) is 38.1 Å². The predicted octanol–water partition coefficient (Wildman–Crippen LogP) is 1.87. The van der Waals surface area contributed by atoms with Crippen molar-refractivity contribution in [3.05, 3.63) is 53.1 Å². The summed E-state index contributed by atoms with van der Waals surface area (Å²) in [5.74, 6) is -0.0328. The number of hydrogen-bond acceptors (Lipinski definition) is 5. The van der Waals surface area contributed by atoms with E-state index < -0.39 is 5.91 Å². The minimum absolute atomic E-state index is 0.0311. The molecule has 0 fully saturated rings. The van der Waals surface area contributed by atoms with Crippen LogP contribution in [0.5, 0.6) is 0 Å². The molecular formula is C15H12N6O. The van der Waals surface area contributed by atoms with Crippen LogP contribution in [0.1, 0.15) is 27.6 Å². The average molecular weight is 292 g/mol. The molecule has 0 atom stereocenters. The van der Waals surface area contributed by atoms with Crippen LogP contribution >= 0.6 is 0 Å². The molecule has 0 unspecified atom stereocenters. The third kappa shape index (κ3) is 2.50. The molecule has 0 saturated carbocycles. The van der Waals surface area contributed by atoms with Crippen molar-refractivity contribution in [2.24, 2.45) is 0 Å². The largest absolute Gasteiger partial charge is 0.319 e. The number of carbonyl (C=O) groups excluding carboxylic acids is 1. The molecule has 2 heterocycles. The van der Waals surface area contributed by atoms with E-state index in [2.05, 4.69) is 20.4 Å². The highest BCUT2D eigenvalue weighted by Gasteiger charge is 2.15. The average Bonchev–Trinajstić information content (AvgIpc) is 2.92. The van der Waals surface area contributed by atoms with Crippen molar-refractivity contribution < 1.29 is 4.79 Å². The van der Waals surface area contributed by atoms with Gasteiger partial charge in [-0.15, -0.1) is 5.10 Å². The highest BCUT2D eigenvalue weighted by molar-refractivity contribution is 6.01. The fraction of sp³-hybridized carbons (Fsp3) is 0.133. The Morgan fingerprint density at radius 2 is 2.09 bits per heavy atom. The summed E-state index contributed by atoms with van der Waals surface area (Å²) in [6.07, 6.45) is 0. The van der Waals surface area contributed by atoms with E-state index in [1.54, 1.807) is 24.3 Å². The fourth-order valence-electron chi connectivity index (χ4n) is 2.12. The Morgan fingerprint density at radius 1 is 1.27 bits per heavy atom. The number of aromatic nitrogens is 4. The van der Waals surface area contributed by atoms with Crippen LogP contribution in [-0.2, 0) is 0 Å². The molecule has 0 aliphatic rings. The second-order valence-corrected chi connectivity index (χ2v) is 4.83. The molecule has 0 spiro atoms. The number of nitrogens with zero attached hydrogens (tertiary/aromatic N) is 5. The van der Waals surface area contributed by atoms with Crippen LogP contribution in [0.15, 0.2) is 30.3 Å². The van der Waals surface area contributed by atoms with E-state index in [9.17, 15) is 4.79 Å². The first kappa shape index (κ1) is 13.7. The first-order valence-electron chi connectivity index (χ1n) is 6.59. The normalized spacial score (nSPS) is 10.4. The number of benzene rings is 1. The highest BCUT2D eigenvalue weighted by atomic mass is 16.2. The lowest BCUT2D eigenvalue weighted by atomic mass is 10.2. The van der Waals surface area contributed by atoms with Gasteiger partial charge in [0, 0.05) is 17.1 Å². The molecule has 0 bridgehead atoms. The summed E-state index contributed by atoms with van der Waals surface area (Å²) in [6.45, 7) is 3.73. The molecule has 1 amide bonds. The Morgan fingerprint density at radius 3 is 2.86 bits per heavy atom. The zero-order valence-corrected chi connectivity index (χ0v) is 12.0. The smallest absolute Gasteiger partial charge is 0.295 e. The highest BCUT2D eigenvalue weighted by Crippen LogP contribution is 2.11. The Labute approximate surface area is 126 Å². The van der Waals surface area contributed by atoms with Gasteiger partial charge in [-0.2, -0.15) is 10.2 Å². The number of amides is 1. The molecular weight excluding hydrogens is 280 g/mol. The van der Waals surface area contributed by atoms with E-state index in [0.717, 1.165) is 11.4 Å². The summed E-state index contributed by atoms with van der Waals surface area (Å²) in [7, 11) is 0. The summed E-state index contributed by atoms with van der Waals surface area (Å²) in [4.78, 5) is 20.6. The minimum atomic E-state index is -0.447. The number of rotatable bonds is 2. The van der Waals surface area contributed by atoms with Crippen LogP contribution in [-0.4, -0.2) is 25.5 Å². The van der Waals surface area contributed by atoms with E-state index in [1.165, 1.54) is 4.52 Å². The van der Waals surface area contributed by atoms with E-state index in [0.29, 0.717) is 17.0 Å². The second kappa shape index (κ2) is 5.26. The number of hydrogen-bond donors (Lipinski definition) is 1. The van der Waals surface area contributed by atoms with Crippen molar-refractivity contribution in [3.8, 4) is 6.07 Å². The summed E-state index contributed by atoms with van der Waals surface area (Å²) in [5.41, 5.74) is 2.64. The molecule has 3 rings (SSSR count). The third-order valence-corrected chi connectivity index (χ3v) is 3.07. The van der Waals surface area contributed by atoms with Gasteiger partial charge in [0.2, 0.25) is 5.82 Å². The van der Waals surface area contributed by atoms with Gasteiger partial charge in [0.1, 0.15) is 0 Å². The SMILES string of the molecule is Cc1cc(C)n2nc(C(=O)Nc3cccc(C#N)c3)nc2n1. The van der Waals surface area contributed by atoms with E-state index >= 15 is 0 Å². The lowest BCUT2D eigenvalue weighted by molar-refractivity contribution is 0.101. The molecule has 0 saturated heterocycles. The molecule has 1 N–H and O–H groups in total. The van der Waals surface area contributed by atoms with Crippen LogP contribution in [0.3, 0.4) is 0 Å². The maximum atomic E-state index is 12.2. The van der Waals surface area contributed by atoms with Crippen molar-refractivity contribution in [2.45, 2.75) is 13.8 Å². The number of anilines is 1. The quantitative estimate of drug-likeness (QED) is 0.777. The first-order valence-corrected chi connectivity index (χ1v) is 6.59. The maximum absolute atomic E-state index is 12.2. The Bertz CT molecular complexity index is 921. The van der Waals surface area contributed by atoms with Crippen LogP contribution in [0.2, 0.25) is 0 Å². The zero-order chi connectivity index (χ0) is 15.7. The lowest BCUT2D eigenvalue weighted by Gasteiger charge is -2.02. The number of nitriles is 1. The van der Waals surface area contributed by atoms with Crippen molar-refractivity contribution in [1.29, 1.82) is 5.26 Å². The number of nitrogens with one attached hydrogen (secondary N) is 1. The van der Waals surface area contributed by atoms with Crippen molar-refractivity contribution in [2.75, 3.05) is 5.32 Å². The van der Waals surface area contributed by atoms with Gasteiger partial charge in [0.05, 0.1) is 11.6 Å². The molecule has 0 radical (unpaired) electrons. The number of aryl methyl sites for hydroxylation is 2. The molecule has 3 aromatic rings. The zero-order valence-electron chi connectivity index (χ0n) is 12.0. The van der Waals surface area contributed by atoms with Crippen molar-refractivity contribution in [3.63, 3.8) is 0 Å². The van der Waals surface area contributed by atoms with Gasteiger partial charge in [0.15, 0.2) is 0 Å². The van der Waals surface area contributed by atoms with Gasteiger partial charge < -0.3 is 5.32 Å².